The number of aromatic nitrogens is 2. The van der Waals surface area contributed by atoms with Gasteiger partial charge in [0.1, 0.15) is 12.0 Å². The number of hydrogen-bond acceptors (Lipinski definition) is 4. The number of aldehydes is 1. The molecule has 0 atom stereocenters. The van der Waals surface area contributed by atoms with Crippen LogP contribution in [0.25, 0.3) is 11.4 Å². The van der Waals surface area contributed by atoms with E-state index in [0.717, 1.165) is 11.6 Å². The molecule has 0 aliphatic heterocycles. The van der Waals surface area contributed by atoms with Crippen LogP contribution in [0.3, 0.4) is 0 Å². The summed E-state index contributed by atoms with van der Waals surface area (Å²) in [6.07, 6.45) is -9.34. The molecule has 160 valence electrons. The van der Waals surface area contributed by atoms with E-state index >= 15 is 0 Å². The zero-order valence-corrected chi connectivity index (χ0v) is 15.6. The summed E-state index contributed by atoms with van der Waals surface area (Å²) in [5, 5.41) is 4.08. The third-order valence-corrected chi connectivity index (χ3v) is 4.51. The highest BCUT2D eigenvalue weighted by Crippen LogP contribution is 2.39. The Bertz CT molecular complexity index is 1030. The van der Waals surface area contributed by atoms with Crippen molar-refractivity contribution in [2.75, 3.05) is 0 Å². The van der Waals surface area contributed by atoms with Gasteiger partial charge in [-0.25, -0.2) is 4.68 Å². The number of nitrogens with zero attached hydrogens (tertiary/aromatic N) is 2. The first-order valence-electron chi connectivity index (χ1n) is 8.58. The van der Waals surface area contributed by atoms with E-state index < -0.39 is 35.1 Å². The highest BCUT2D eigenvalue weighted by Gasteiger charge is 2.38. The zero-order chi connectivity index (χ0) is 22.4. The normalized spacial score (nSPS) is 14.5. The van der Waals surface area contributed by atoms with E-state index in [1.54, 1.807) is 0 Å². The molecule has 1 aromatic heterocycles. The van der Waals surface area contributed by atoms with Crippen LogP contribution in [0.15, 0.2) is 23.8 Å². The Kier molecular flexibility index (Phi) is 5.25. The molecule has 5 nitrogen and oxygen atoms in total. The van der Waals surface area contributed by atoms with Gasteiger partial charge in [-0.1, -0.05) is 0 Å². The fourth-order valence-corrected chi connectivity index (χ4v) is 3.28. The molecule has 1 aliphatic carbocycles. The molecule has 0 radical (unpaired) electrons. The number of rotatable bonds is 3. The number of hydrogen-bond donors (Lipinski definition) is 0. The van der Waals surface area contributed by atoms with Crippen molar-refractivity contribution >= 4 is 18.0 Å². The lowest BCUT2D eigenvalue weighted by Gasteiger charge is -2.19. The van der Waals surface area contributed by atoms with Crippen molar-refractivity contribution in [3.05, 3.63) is 51.9 Å². The van der Waals surface area contributed by atoms with Gasteiger partial charge in [-0.05, 0) is 38.0 Å². The fourth-order valence-electron chi connectivity index (χ4n) is 3.28. The number of fused-ring (bicyclic) bond motifs is 1. The second-order valence-electron chi connectivity index (χ2n) is 6.65. The lowest BCUT2D eigenvalue weighted by molar-refractivity contribution is -0.143. The number of allylic oxidation sites excluding steroid dienone is 1. The number of halogens is 6. The monoisotopic (exact) mass is 432 g/mol. The van der Waals surface area contributed by atoms with Crippen LogP contribution in [0.1, 0.15) is 41.4 Å². The summed E-state index contributed by atoms with van der Waals surface area (Å²) < 4.78 is 85.2. The molecule has 3 rings (SSSR count). The minimum absolute atomic E-state index is 0.0288. The minimum atomic E-state index is -5.01. The molecule has 0 saturated carbocycles. The number of esters is 1. The van der Waals surface area contributed by atoms with Crippen LogP contribution in [-0.2, 0) is 33.1 Å². The first kappa shape index (κ1) is 21.6. The summed E-state index contributed by atoms with van der Waals surface area (Å²) in [4.78, 5) is 22.8. The number of aryl methyl sites for hydroxylation is 1. The van der Waals surface area contributed by atoms with Crippen molar-refractivity contribution in [3.8, 4) is 5.69 Å². The SMILES string of the molecule is CC(=O)OC1=C(C=O)CCc2c1c(C)nn2-c1cc(C(F)(F)F)cc(C(F)(F)F)c1. The van der Waals surface area contributed by atoms with Crippen LogP contribution in [-0.4, -0.2) is 22.0 Å². The first-order valence-corrected chi connectivity index (χ1v) is 8.58. The Morgan fingerprint density at radius 2 is 1.63 bits per heavy atom. The number of alkyl halides is 6. The summed E-state index contributed by atoms with van der Waals surface area (Å²) >= 11 is 0. The van der Waals surface area contributed by atoms with Gasteiger partial charge in [-0.2, -0.15) is 31.4 Å². The lowest BCUT2D eigenvalue weighted by Crippen LogP contribution is -2.15. The second kappa shape index (κ2) is 7.29. The van der Waals surface area contributed by atoms with E-state index in [0.29, 0.717) is 18.4 Å². The highest BCUT2D eigenvalue weighted by molar-refractivity contribution is 5.91. The van der Waals surface area contributed by atoms with Gasteiger partial charge >= 0.3 is 18.3 Å². The second-order valence-corrected chi connectivity index (χ2v) is 6.65. The quantitative estimate of drug-likeness (QED) is 0.403. The topological polar surface area (TPSA) is 61.2 Å². The molecule has 0 N–H and O–H groups in total. The Labute approximate surface area is 165 Å². The largest absolute Gasteiger partial charge is 0.426 e. The van der Waals surface area contributed by atoms with Crippen molar-refractivity contribution in [2.45, 2.75) is 39.0 Å². The summed E-state index contributed by atoms with van der Waals surface area (Å²) in [6.45, 7) is 2.55. The first-order chi connectivity index (χ1) is 13.8. The van der Waals surface area contributed by atoms with Crippen LogP contribution in [0.2, 0.25) is 0 Å². The maximum atomic E-state index is 13.2. The molecular formula is C19H14F6N2O3. The number of carbonyl (C=O) groups excluding carboxylic acids is 2. The van der Waals surface area contributed by atoms with Gasteiger partial charge in [-0.3, -0.25) is 9.59 Å². The molecule has 0 spiro atoms. The zero-order valence-electron chi connectivity index (χ0n) is 15.6. The van der Waals surface area contributed by atoms with Crippen LogP contribution >= 0.6 is 0 Å². The maximum Gasteiger partial charge on any atom is 0.416 e. The van der Waals surface area contributed by atoms with Crippen molar-refractivity contribution in [1.82, 2.24) is 9.78 Å². The third-order valence-electron chi connectivity index (χ3n) is 4.51. The smallest absolute Gasteiger partial charge is 0.416 e. The molecule has 30 heavy (non-hydrogen) atoms. The molecule has 0 unspecified atom stereocenters. The van der Waals surface area contributed by atoms with E-state index in [2.05, 4.69) is 5.10 Å². The van der Waals surface area contributed by atoms with Gasteiger partial charge in [0.05, 0.1) is 33.8 Å². The Morgan fingerprint density at radius 1 is 1.07 bits per heavy atom. The molecule has 2 aromatic rings. The standard InChI is InChI=1S/C19H14F6N2O3/c1-9-16-15(4-3-11(8-28)17(16)30-10(2)29)27(26-9)14-6-12(18(20,21)22)5-13(7-14)19(23,24)25/h5-8H,3-4H2,1-2H3. The molecule has 0 saturated heterocycles. The van der Waals surface area contributed by atoms with Crippen molar-refractivity contribution < 1.29 is 40.7 Å². The predicted molar refractivity (Wildman–Crippen MR) is 91.4 cm³/mol. The Hall–Kier alpha value is -3.11. The molecule has 1 heterocycles. The average molecular weight is 432 g/mol. The van der Waals surface area contributed by atoms with E-state index in [4.69, 9.17) is 4.74 Å². The van der Waals surface area contributed by atoms with E-state index in [-0.39, 0.29) is 47.2 Å². The average Bonchev–Trinajstić information content (AvgIpc) is 2.97. The summed E-state index contributed by atoms with van der Waals surface area (Å²) in [5.41, 5.74) is -2.63. The Morgan fingerprint density at radius 3 is 2.10 bits per heavy atom. The predicted octanol–water partition coefficient (Wildman–Crippen LogP) is 4.64. The van der Waals surface area contributed by atoms with Crippen LogP contribution in [0.4, 0.5) is 26.3 Å². The summed E-state index contributed by atoms with van der Waals surface area (Å²) in [6, 6.07) is 1.15. The van der Waals surface area contributed by atoms with Gasteiger partial charge in [0.25, 0.3) is 0 Å². The molecule has 1 aliphatic rings. The van der Waals surface area contributed by atoms with Crippen LogP contribution in [0.5, 0.6) is 0 Å². The summed E-state index contributed by atoms with van der Waals surface area (Å²) in [5.74, 6) is -0.826. The fraction of sp³-hybridized carbons (Fsp3) is 0.316. The van der Waals surface area contributed by atoms with Crippen LogP contribution < -0.4 is 0 Å². The lowest BCUT2D eigenvalue weighted by atomic mass is 9.94. The summed E-state index contributed by atoms with van der Waals surface area (Å²) in [7, 11) is 0. The molecule has 0 fully saturated rings. The minimum Gasteiger partial charge on any atom is -0.426 e. The molecule has 1 aromatic carbocycles. The van der Waals surface area contributed by atoms with E-state index in [9.17, 15) is 35.9 Å². The molecular weight excluding hydrogens is 418 g/mol. The number of benzene rings is 1. The van der Waals surface area contributed by atoms with Crippen molar-refractivity contribution in [1.29, 1.82) is 0 Å². The van der Waals surface area contributed by atoms with Gasteiger partial charge in [-0.15, -0.1) is 0 Å². The van der Waals surface area contributed by atoms with Crippen molar-refractivity contribution in [2.24, 2.45) is 0 Å². The molecule has 0 bridgehead atoms. The van der Waals surface area contributed by atoms with Gasteiger partial charge in [0.2, 0.25) is 0 Å². The van der Waals surface area contributed by atoms with Gasteiger partial charge < -0.3 is 4.74 Å². The highest BCUT2D eigenvalue weighted by atomic mass is 19.4. The maximum absolute atomic E-state index is 13.2. The molecule has 0 amide bonds. The Balaban J connectivity index is 2.26. The van der Waals surface area contributed by atoms with E-state index in [1.165, 1.54) is 6.92 Å². The third kappa shape index (κ3) is 3.96. The van der Waals surface area contributed by atoms with Crippen molar-refractivity contribution in [3.63, 3.8) is 0 Å². The van der Waals surface area contributed by atoms with Crippen LogP contribution in [0, 0.1) is 6.92 Å². The van der Waals surface area contributed by atoms with Gasteiger partial charge in [0, 0.05) is 12.5 Å². The molecule has 11 heteroatoms. The van der Waals surface area contributed by atoms with Gasteiger partial charge in [0.15, 0.2) is 0 Å². The van der Waals surface area contributed by atoms with E-state index in [1.807, 2.05) is 0 Å². The number of carbonyl (C=O) groups is 2. The number of ether oxygens (including phenoxy) is 1.